The van der Waals surface area contributed by atoms with Crippen LogP contribution in [-0.2, 0) is 4.79 Å². The van der Waals surface area contributed by atoms with Crippen molar-refractivity contribution in [2.45, 2.75) is 4.90 Å². The Morgan fingerprint density at radius 1 is 1.04 bits per heavy atom. The van der Waals surface area contributed by atoms with Gasteiger partial charge in [0.05, 0.1) is 28.8 Å². The molecule has 1 amide bonds. The van der Waals surface area contributed by atoms with Crippen molar-refractivity contribution in [3.63, 3.8) is 0 Å². The minimum absolute atomic E-state index is 0.0469. The predicted octanol–water partition coefficient (Wildman–Crippen LogP) is 5.70. The second-order valence-corrected chi connectivity index (χ2v) is 8.12. The normalized spacial score (nSPS) is 10.8. The maximum absolute atomic E-state index is 12.5. The highest BCUT2D eigenvalue weighted by Gasteiger charge is 2.12. The molecule has 0 unspecified atom stereocenters. The number of hydrogen-bond acceptors (Lipinski definition) is 5. The fourth-order valence-corrected chi connectivity index (χ4v) is 4.48. The highest BCUT2D eigenvalue weighted by Crippen LogP contribution is 2.34. The third kappa shape index (κ3) is 4.18. The molecule has 140 valence electrons. The molecule has 0 saturated carbocycles. The van der Waals surface area contributed by atoms with Gasteiger partial charge in [-0.1, -0.05) is 24.3 Å². The molecule has 0 fully saturated rings. The van der Waals surface area contributed by atoms with Gasteiger partial charge in [-0.2, -0.15) is 0 Å². The number of ether oxygens (including phenoxy) is 1. The Balaban J connectivity index is 1.47. The Morgan fingerprint density at radius 3 is 2.57 bits per heavy atom. The van der Waals surface area contributed by atoms with E-state index in [1.807, 2.05) is 66.7 Å². The van der Waals surface area contributed by atoms with E-state index in [-0.39, 0.29) is 5.91 Å². The second kappa shape index (κ2) is 8.46. The van der Waals surface area contributed by atoms with Crippen molar-refractivity contribution in [1.29, 1.82) is 0 Å². The Bertz CT molecular complexity index is 1070. The Labute approximate surface area is 171 Å². The van der Waals surface area contributed by atoms with Crippen LogP contribution in [0.15, 0.2) is 77.7 Å². The number of anilines is 1. The molecule has 3 aromatic carbocycles. The van der Waals surface area contributed by atoms with Crippen molar-refractivity contribution in [3.8, 4) is 16.3 Å². The topological polar surface area (TPSA) is 51.2 Å². The summed E-state index contributed by atoms with van der Waals surface area (Å²) < 4.78 is 6.29. The SMILES string of the molecule is COc1ccc(SCC(=O)Nc2ccccc2-c2nc3ccccc3s2)cc1. The molecule has 0 atom stereocenters. The summed E-state index contributed by atoms with van der Waals surface area (Å²) in [5.74, 6) is 1.09. The van der Waals surface area contributed by atoms with Crippen molar-refractivity contribution >= 4 is 44.9 Å². The summed E-state index contributed by atoms with van der Waals surface area (Å²) in [4.78, 5) is 18.2. The van der Waals surface area contributed by atoms with E-state index < -0.39 is 0 Å². The van der Waals surface area contributed by atoms with E-state index >= 15 is 0 Å². The summed E-state index contributed by atoms with van der Waals surface area (Å²) in [6.45, 7) is 0. The van der Waals surface area contributed by atoms with E-state index in [0.29, 0.717) is 5.75 Å². The standard InChI is InChI=1S/C22H18N2O2S2/c1-26-15-10-12-16(13-11-15)27-14-21(25)23-18-7-3-2-6-17(18)22-24-19-8-4-5-9-20(19)28-22/h2-13H,14H2,1H3,(H,23,25). The zero-order valence-electron chi connectivity index (χ0n) is 15.2. The van der Waals surface area contributed by atoms with Gasteiger partial charge in [0.1, 0.15) is 10.8 Å². The van der Waals surface area contributed by atoms with Crippen LogP contribution in [0.2, 0.25) is 0 Å². The van der Waals surface area contributed by atoms with Crippen molar-refractivity contribution in [2.24, 2.45) is 0 Å². The van der Waals surface area contributed by atoms with E-state index in [9.17, 15) is 4.79 Å². The number of methoxy groups -OCH3 is 1. The summed E-state index contributed by atoms with van der Waals surface area (Å²) in [5, 5.41) is 3.93. The number of hydrogen-bond donors (Lipinski definition) is 1. The third-order valence-corrected chi connectivity index (χ3v) is 6.24. The van der Waals surface area contributed by atoms with E-state index in [2.05, 4.69) is 11.4 Å². The highest BCUT2D eigenvalue weighted by molar-refractivity contribution is 8.00. The molecule has 4 rings (SSSR count). The average Bonchev–Trinajstić information content (AvgIpc) is 3.17. The summed E-state index contributed by atoms with van der Waals surface area (Å²) >= 11 is 3.12. The average molecular weight is 407 g/mol. The minimum atomic E-state index is -0.0469. The van der Waals surface area contributed by atoms with Gasteiger partial charge in [0, 0.05) is 10.5 Å². The number of rotatable bonds is 6. The Hall–Kier alpha value is -2.83. The molecule has 0 aliphatic heterocycles. The molecule has 1 aromatic heterocycles. The first-order chi connectivity index (χ1) is 13.7. The van der Waals surface area contributed by atoms with Gasteiger partial charge < -0.3 is 10.1 Å². The van der Waals surface area contributed by atoms with Crippen LogP contribution in [0.25, 0.3) is 20.8 Å². The molecule has 0 radical (unpaired) electrons. The van der Waals surface area contributed by atoms with E-state index in [1.165, 1.54) is 11.8 Å². The Kier molecular flexibility index (Phi) is 5.60. The van der Waals surface area contributed by atoms with Gasteiger partial charge in [-0.15, -0.1) is 23.1 Å². The number of nitrogens with one attached hydrogen (secondary N) is 1. The number of carbonyl (C=O) groups is 1. The van der Waals surface area contributed by atoms with Gasteiger partial charge in [0.15, 0.2) is 0 Å². The van der Waals surface area contributed by atoms with E-state index in [0.717, 1.165) is 37.1 Å². The fraction of sp³-hybridized carbons (Fsp3) is 0.0909. The van der Waals surface area contributed by atoms with Crippen molar-refractivity contribution in [3.05, 3.63) is 72.8 Å². The van der Waals surface area contributed by atoms with Crippen LogP contribution in [0.4, 0.5) is 5.69 Å². The summed E-state index contributed by atoms with van der Waals surface area (Å²) in [6.07, 6.45) is 0. The van der Waals surface area contributed by atoms with Gasteiger partial charge in [0.2, 0.25) is 5.91 Å². The van der Waals surface area contributed by atoms with Crippen LogP contribution in [0, 0.1) is 0 Å². The monoisotopic (exact) mass is 406 g/mol. The number of benzene rings is 3. The molecule has 0 aliphatic rings. The number of aromatic nitrogens is 1. The molecule has 0 aliphatic carbocycles. The smallest absolute Gasteiger partial charge is 0.234 e. The molecule has 1 N–H and O–H groups in total. The number of fused-ring (bicyclic) bond motifs is 1. The number of amides is 1. The maximum Gasteiger partial charge on any atom is 0.234 e. The third-order valence-electron chi connectivity index (χ3n) is 4.15. The van der Waals surface area contributed by atoms with Crippen molar-refractivity contribution < 1.29 is 9.53 Å². The lowest BCUT2D eigenvalue weighted by Crippen LogP contribution is -2.14. The molecule has 0 spiro atoms. The number of para-hydroxylation sites is 2. The molecular formula is C22H18N2O2S2. The highest BCUT2D eigenvalue weighted by atomic mass is 32.2. The van der Waals surface area contributed by atoms with Crippen LogP contribution in [0.3, 0.4) is 0 Å². The molecule has 6 heteroatoms. The van der Waals surface area contributed by atoms with Crippen LogP contribution >= 0.6 is 23.1 Å². The largest absolute Gasteiger partial charge is 0.497 e. The number of nitrogens with zero attached hydrogens (tertiary/aromatic N) is 1. The molecule has 0 saturated heterocycles. The van der Waals surface area contributed by atoms with Gasteiger partial charge in [-0.3, -0.25) is 4.79 Å². The zero-order valence-corrected chi connectivity index (χ0v) is 16.8. The van der Waals surface area contributed by atoms with Crippen molar-refractivity contribution in [2.75, 3.05) is 18.2 Å². The van der Waals surface area contributed by atoms with Gasteiger partial charge in [-0.05, 0) is 48.5 Å². The molecule has 1 heterocycles. The quantitative estimate of drug-likeness (QED) is 0.417. The van der Waals surface area contributed by atoms with Crippen LogP contribution in [0.5, 0.6) is 5.75 Å². The maximum atomic E-state index is 12.5. The van der Waals surface area contributed by atoms with Crippen LogP contribution < -0.4 is 10.1 Å². The van der Waals surface area contributed by atoms with Crippen molar-refractivity contribution in [1.82, 2.24) is 4.98 Å². The summed E-state index contributed by atoms with van der Waals surface area (Å²) in [6, 6.07) is 23.5. The number of thioether (sulfide) groups is 1. The molecule has 4 nitrogen and oxygen atoms in total. The molecule has 28 heavy (non-hydrogen) atoms. The molecular weight excluding hydrogens is 388 g/mol. The lowest BCUT2D eigenvalue weighted by molar-refractivity contribution is -0.113. The predicted molar refractivity (Wildman–Crippen MR) is 117 cm³/mol. The van der Waals surface area contributed by atoms with Gasteiger partial charge in [0.25, 0.3) is 0 Å². The van der Waals surface area contributed by atoms with Gasteiger partial charge >= 0.3 is 0 Å². The van der Waals surface area contributed by atoms with E-state index in [4.69, 9.17) is 9.72 Å². The second-order valence-electron chi connectivity index (χ2n) is 6.04. The van der Waals surface area contributed by atoms with Crippen LogP contribution in [-0.4, -0.2) is 23.8 Å². The van der Waals surface area contributed by atoms with Gasteiger partial charge in [-0.25, -0.2) is 4.98 Å². The molecule has 0 bridgehead atoms. The lowest BCUT2D eigenvalue weighted by atomic mass is 10.2. The zero-order chi connectivity index (χ0) is 19.3. The first kappa shape index (κ1) is 18.5. The first-order valence-corrected chi connectivity index (χ1v) is 10.5. The van der Waals surface area contributed by atoms with Crippen LogP contribution in [0.1, 0.15) is 0 Å². The molecule has 4 aromatic rings. The fourth-order valence-electron chi connectivity index (χ4n) is 2.77. The number of thiazole rings is 1. The summed E-state index contributed by atoms with van der Waals surface area (Å²) in [5.41, 5.74) is 2.69. The van der Waals surface area contributed by atoms with E-state index in [1.54, 1.807) is 18.4 Å². The lowest BCUT2D eigenvalue weighted by Gasteiger charge is -2.09. The summed E-state index contributed by atoms with van der Waals surface area (Å²) in [7, 11) is 1.64. The Morgan fingerprint density at radius 2 is 1.79 bits per heavy atom. The first-order valence-electron chi connectivity index (χ1n) is 8.74. The number of carbonyl (C=O) groups excluding carboxylic acids is 1. The minimum Gasteiger partial charge on any atom is -0.497 e.